The second kappa shape index (κ2) is 7.34. The molecule has 0 saturated carbocycles. The smallest absolute Gasteiger partial charge is 0.193 e. The lowest BCUT2D eigenvalue weighted by Crippen LogP contribution is -2.50. The summed E-state index contributed by atoms with van der Waals surface area (Å²) < 4.78 is 5.38. The van der Waals surface area contributed by atoms with Gasteiger partial charge in [0.1, 0.15) is 0 Å². The normalized spacial score (nSPS) is 20.8. The Bertz CT molecular complexity index is 634. The van der Waals surface area contributed by atoms with Gasteiger partial charge in [0.25, 0.3) is 0 Å². The number of ether oxygens (including phenoxy) is 1. The predicted molar refractivity (Wildman–Crippen MR) is 102 cm³/mol. The molecule has 138 valence electrons. The van der Waals surface area contributed by atoms with Gasteiger partial charge in [-0.1, -0.05) is 26.0 Å². The first-order chi connectivity index (χ1) is 11.9. The van der Waals surface area contributed by atoms with Crippen LogP contribution in [0.2, 0.25) is 0 Å². The van der Waals surface area contributed by atoms with Crippen LogP contribution < -0.4 is 11.1 Å². The standard InChI is InChI=1S/C20H31N3O2/c1-19(2,20(24)10-12-25-13-11-20)14-22-18(21)23-17-9-5-7-15-6-3-4-8-16(15)17/h5,7,9,24H,3-4,6,8,10-14H2,1-2H3,(H3,21,22,23). The van der Waals surface area contributed by atoms with Gasteiger partial charge in [0.15, 0.2) is 5.96 Å². The minimum absolute atomic E-state index is 0.348. The van der Waals surface area contributed by atoms with Crippen molar-refractivity contribution in [3.8, 4) is 0 Å². The maximum absolute atomic E-state index is 10.9. The number of rotatable bonds is 4. The monoisotopic (exact) mass is 345 g/mol. The average molecular weight is 345 g/mol. The van der Waals surface area contributed by atoms with Crippen LogP contribution in [0.3, 0.4) is 0 Å². The van der Waals surface area contributed by atoms with E-state index >= 15 is 0 Å². The first kappa shape index (κ1) is 18.2. The summed E-state index contributed by atoms with van der Waals surface area (Å²) in [7, 11) is 0. The van der Waals surface area contributed by atoms with E-state index in [1.807, 2.05) is 0 Å². The van der Waals surface area contributed by atoms with Crippen molar-refractivity contribution in [1.29, 1.82) is 0 Å². The highest BCUT2D eigenvalue weighted by molar-refractivity contribution is 5.93. The zero-order valence-electron chi connectivity index (χ0n) is 15.5. The Morgan fingerprint density at radius 3 is 2.76 bits per heavy atom. The number of aryl methyl sites for hydroxylation is 1. The summed E-state index contributed by atoms with van der Waals surface area (Å²) in [5.74, 6) is 0.419. The van der Waals surface area contributed by atoms with Crippen LogP contribution >= 0.6 is 0 Å². The highest BCUT2D eigenvalue weighted by Gasteiger charge is 2.44. The number of guanidine groups is 1. The molecular formula is C20H31N3O2. The summed E-state index contributed by atoms with van der Waals surface area (Å²) in [6, 6.07) is 6.36. The van der Waals surface area contributed by atoms with Gasteiger partial charge >= 0.3 is 0 Å². The molecule has 1 aliphatic carbocycles. The lowest BCUT2D eigenvalue weighted by Gasteiger charge is -2.44. The molecule has 5 nitrogen and oxygen atoms in total. The van der Waals surface area contributed by atoms with E-state index in [9.17, 15) is 5.11 Å². The number of nitrogens with zero attached hydrogens (tertiary/aromatic N) is 1. The van der Waals surface area contributed by atoms with E-state index in [-0.39, 0.29) is 5.41 Å². The summed E-state index contributed by atoms with van der Waals surface area (Å²) in [6.07, 6.45) is 6.02. The van der Waals surface area contributed by atoms with Gasteiger partial charge < -0.3 is 20.9 Å². The minimum atomic E-state index is -0.749. The fraction of sp³-hybridized carbons (Fsp3) is 0.650. The topological polar surface area (TPSA) is 79.9 Å². The SMILES string of the molecule is CC(C)(CN=C(N)Nc1cccc2c1CCCC2)C1(O)CCOCC1. The molecule has 4 N–H and O–H groups in total. The van der Waals surface area contributed by atoms with Crippen molar-refractivity contribution < 1.29 is 9.84 Å². The number of benzene rings is 1. The Morgan fingerprint density at radius 2 is 2.00 bits per heavy atom. The fourth-order valence-electron chi connectivity index (χ4n) is 3.89. The number of aliphatic imine (C=N–C) groups is 1. The van der Waals surface area contributed by atoms with Crippen molar-refractivity contribution >= 4 is 11.6 Å². The molecule has 1 heterocycles. The molecule has 0 spiro atoms. The third-order valence-electron chi connectivity index (χ3n) is 5.88. The molecule has 1 aliphatic heterocycles. The number of fused-ring (bicyclic) bond motifs is 1. The summed E-state index contributed by atoms with van der Waals surface area (Å²) >= 11 is 0. The van der Waals surface area contributed by atoms with Crippen LogP contribution in [0.5, 0.6) is 0 Å². The van der Waals surface area contributed by atoms with Gasteiger partial charge in [0, 0.05) is 37.2 Å². The lowest BCUT2D eigenvalue weighted by atomic mass is 9.70. The summed E-state index contributed by atoms with van der Waals surface area (Å²) in [6.45, 7) is 5.80. The molecule has 25 heavy (non-hydrogen) atoms. The number of anilines is 1. The van der Waals surface area contributed by atoms with E-state index in [4.69, 9.17) is 10.5 Å². The van der Waals surface area contributed by atoms with Crippen molar-refractivity contribution in [3.05, 3.63) is 29.3 Å². The molecule has 3 rings (SSSR count). The molecule has 2 aliphatic rings. The number of aliphatic hydroxyl groups is 1. The Balaban J connectivity index is 1.68. The quantitative estimate of drug-likeness (QED) is 0.579. The average Bonchev–Trinajstić information content (AvgIpc) is 2.61. The molecule has 0 amide bonds. The van der Waals surface area contributed by atoms with E-state index in [0.29, 0.717) is 38.6 Å². The third kappa shape index (κ3) is 3.98. The van der Waals surface area contributed by atoms with Crippen LogP contribution in [-0.4, -0.2) is 36.4 Å². The first-order valence-corrected chi connectivity index (χ1v) is 9.39. The van der Waals surface area contributed by atoms with Crippen LogP contribution in [-0.2, 0) is 17.6 Å². The van der Waals surface area contributed by atoms with Gasteiger partial charge in [-0.2, -0.15) is 0 Å². The van der Waals surface area contributed by atoms with E-state index in [1.54, 1.807) is 0 Å². The highest BCUT2D eigenvalue weighted by atomic mass is 16.5. The van der Waals surface area contributed by atoms with Crippen molar-refractivity contribution in [2.45, 2.75) is 58.0 Å². The molecule has 0 unspecified atom stereocenters. The zero-order valence-corrected chi connectivity index (χ0v) is 15.5. The molecule has 0 radical (unpaired) electrons. The third-order valence-corrected chi connectivity index (χ3v) is 5.88. The Hall–Kier alpha value is -1.59. The van der Waals surface area contributed by atoms with Gasteiger partial charge in [-0.3, -0.25) is 4.99 Å². The molecule has 5 heteroatoms. The van der Waals surface area contributed by atoms with Gasteiger partial charge in [-0.25, -0.2) is 0 Å². The summed E-state index contributed by atoms with van der Waals surface area (Å²) in [5, 5.41) is 14.2. The zero-order chi connectivity index (χ0) is 17.9. The molecule has 0 aromatic heterocycles. The van der Waals surface area contributed by atoms with E-state index in [1.165, 1.54) is 24.0 Å². The van der Waals surface area contributed by atoms with E-state index in [0.717, 1.165) is 18.5 Å². The maximum Gasteiger partial charge on any atom is 0.193 e. The van der Waals surface area contributed by atoms with Crippen LogP contribution in [0.1, 0.15) is 50.7 Å². The van der Waals surface area contributed by atoms with Crippen LogP contribution in [0, 0.1) is 5.41 Å². The Morgan fingerprint density at radius 1 is 1.28 bits per heavy atom. The molecular weight excluding hydrogens is 314 g/mol. The van der Waals surface area contributed by atoms with Gasteiger partial charge in [0.2, 0.25) is 0 Å². The van der Waals surface area contributed by atoms with E-state index in [2.05, 4.69) is 42.4 Å². The molecule has 0 atom stereocenters. The van der Waals surface area contributed by atoms with Gasteiger partial charge in [-0.05, 0) is 42.9 Å². The summed E-state index contributed by atoms with van der Waals surface area (Å²) in [5.41, 5.74) is 8.91. The first-order valence-electron chi connectivity index (χ1n) is 9.39. The van der Waals surface area contributed by atoms with Gasteiger partial charge in [0.05, 0.1) is 12.1 Å². The number of nitrogens with two attached hydrogens (primary N) is 1. The van der Waals surface area contributed by atoms with Crippen molar-refractivity contribution in [3.63, 3.8) is 0 Å². The van der Waals surface area contributed by atoms with E-state index < -0.39 is 5.60 Å². The van der Waals surface area contributed by atoms with Crippen LogP contribution in [0.15, 0.2) is 23.2 Å². The van der Waals surface area contributed by atoms with Crippen molar-refractivity contribution in [2.24, 2.45) is 16.1 Å². The number of hydrogen-bond donors (Lipinski definition) is 3. The second-order valence-electron chi connectivity index (χ2n) is 8.00. The highest BCUT2D eigenvalue weighted by Crippen LogP contribution is 2.39. The fourth-order valence-corrected chi connectivity index (χ4v) is 3.89. The van der Waals surface area contributed by atoms with Crippen molar-refractivity contribution in [1.82, 2.24) is 0 Å². The summed E-state index contributed by atoms with van der Waals surface area (Å²) in [4.78, 5) is 4.54. The van der Waals surface area contributed by atoms with Crippen LogP contribution in [0.25, 0.3) is 0 Å². The Kier molecular flexibility index (Phi) is 5.35. The number of nitrogens with one attached hydrogen (secondary N) is 1. The Labute approximate surface area is 150 Å². The molecule has 1 aromatic rings. The van der Waals surface area contributed by atoms with Crippen molar-refractivity contribution in [2.75, 3.05) is 25.1 Å². The second-order valence-corrected chi connectivity index (χ2v) is 8.00. The molecule has 1 saturated heterocycles. The molecule has 1 fully saturated rings. The largest absolute Gasteiger partial charge is 0.389 e. The molecule has 1 aromatic carbocycles. The van der Waals surface area contributed by atoms with Gasteiger partial charge in [-0.15, -0.1) is 0 Å². The maximum atomic E-state index is 10.9. The minimum Gasteiger partial charge on any atom is -0.389 e. The number of hydrogen-bond acceptors (Lipinski definition) is 3. The molecule has 0 bridgehead atoms. The van der Waals surface area contributed by atoms with Crippen LogP contribution in [0.4, 0.5) is 5.69 Å². The lowest BCUT2D eigenvalue weighted by molar-refractivity contribution is -0.128. The predicted octanol–water partition coefficient (Wildman–Crippen LogP) is 2.86.